The Balaban J connectivity index is 1.86. The topological polar surface area (TPSA) is 67.9 Å². The van der Waals surface area contributed by atoms with Crippen LogP contribution in [0.1, 0.15) is 31.4 Å². The molecule has 6 nitrogen and oxygen atoms in total. The number of ether oxygens (including phenoxy) is 2. The molecule has 158 valence electrons. The average Bonchev–Trinajstić information content (AvgIpc) is 2.97. The zero-order chi connectivity index (χ0) is 21.7. The van der Waals surface area contributed by atoms with Gasteiger partial charge in [0.2, 0.25) is 0 Å². The molecular weight excluding hydrogens is 455 g/mol. The van der Waals surface area contributed by atoms with Gasteiger partial charge in [0.1, 0.15) is 18.1 Å². The van der Waals surface area contributed by atoms with E-state index in [0.29, 0.717) is 46.7 Å². The van der Waals surface area contributed by atoms with E-state index in [1.165, 1.54) is 17.0 Å². The molecule has 1 aliphatic heterocycles. The Hall–Kier alpha value is -2.87. The summed E-state index contributed by atoms with van der Waals surface area (Å²) in [6.45, 7) is 4.69. The van der Waals surface area contributed by atoms with Gasteiger partial charge >= 0.3 is 6.03 Å². The molecule has 0 aliphatic carbocycles. The second kappa shape index (κ2) is 9.75. The molecule has 0 bridgehead atoms. The maximum Gasteiger partial charge on any atom is 0.329 e. The summed E-state index contributed by atoms with van der Waals surface area (Å²) in [4.78, 5) is 25.6. The molecule has 1 N–H and O–H groups in total. The van der Waals surface area contributed by atoms with Crippen molar-refractivity contribution in [3.8, 4) is 11.5 Å². The first-order chi connectivity index (χ1) is 14.4. The number of carbonyl (C=O) groups is 2. The number of nitrogens with one attached hydrogen (secondary N) is 1. The van der Waals surface area contributed by atoms with E-state index in [1.54, 1.807) is 30.3 Å². The highest BCUT2D eigenvalue weighted by atomic mass is 79.9. The molecular formula is C22H22BrFN2O4. The molecule has 2 aromatic rings. The van der Waals surface area contributed by atoms with Crippen LogP contribution in [-0.2, 0) is 11.4 Å². The summed E-state index contributed by atoms with van der Waals surface area (Å²) >= 11 is 3.48. The van der Waals surface area contributed by atoms with Crippen LogP contribution in [0.3, 0.4) is 0 Å². The summed E-state index contributed by atoms with van der Waals surface area (Å²) in [7, 11) is 0. The second-order valence-electron chi connectivity index (χ2n) is 6.62. The van der Waals surface area contributed by atoms with Crippen LogP contribution in [0.4, 0.5) is 9.18 Å². The van der Waals surface area contributed by atoms with E-state index in [4.69, 9.17) is 9.47 Å². The molecule has 2 aromatic carbocycles. The Bertz CT molecular complexity index is 993. The Morgan fingerprint density at radius 3 is 2.60 bits per heavy atom. The number of hydrogen-bond acceptors (Lipinski definition) is 4. The van der Waals surface area contributed by atoms with Gasteiger partial charge in [-0.15, -0.1) is 0 Å². The number of halogens is 2. The minimum Gasteiger partial charge on any atom is -0.490 e. The summed E-state index contributed by atoms with van der Waals surface area (Å²) in [5.41, 5.74) is 1.54. The van der Waals surface area contributed by atoms with E-state index >= 15 is 0 Å². The fourth-order valence-corrected chi connectivity index (χ4v) is 3.42. The lowest BCUT2D eigenvalue weighted by Gasteiger charge is -2.14. The number of rotatable bonds is 8. The van der Waals surface area contributed by atoms with E-state index in [-0.39, 0.29) is 24.0 Å². The third-order valence-electron chi connectivity index (χ3n) is 4.36. The first kappa shape index (κ1) is 21.8. The van der Waals surface area contributed by atoms with Crippen molar-refractivity contribution in [2.45, 2.75) is 26.9 Å². The maximum atomic E-state index is 13.4. The van der Waals surface area contributed by atoms with Crippen LogP contribution >= 0.6 is 15.9 Å². The highest BCUT2D eigenvalue weighted by molar-refractivity contribution is 9.10. The fraction of sp³-hybridized carbons (Fsp3) is 0.273. The molecule has 0 saturated carbocycles. The van der Waals surface area contributed by atoms with Crippen molar-refractivity contribution in [1.82, 2.24) is 10.2 Å². The van der Waals surface area contributed by atoms with E-state index in [0.717, 1.165) is 0 Å². The molecule has 1 saturated heterocycles. The van der Waals surface area contributed by atoms with Gasteiger partial charge in [0.15, 0.2) is 11.5 Å². The van der Waals surface area contributed by atoms with Crippen LogP contribution in [-0.4, -0.2) is 30.0 Å². The number of nitrogens with zero attached hydrogens (tertiary/aromatic N) is 1. The summed E-state index contributed by atoms with van der Waals surface area (Å²) in [6.07, 6.45) is 2.28. The number of amides is 3. The summed E-state index contributed by atoms with van der Waals surface area (Å²) in [5.74, 6) is 0.262. The van der Waals surface area contributed by atoms with Crippen LogP contribution in [0, 0.1) is 5.82 Å². The minimum absolute atomic E-state index is 0.172. The predicted molar refractivity (Wildman–Crippen MR) is 115 cm³/mol. The van der Waals surface area contributed by atoms with Crippen LogP contribution in [0.5, 0.6) is 11.5 Å². The van der Waals surface area contributed by atoms with E-state index < -0.39 is 6.03 Å². The molecule has 0 aromatic heterocycles. The van der Waals surface area contributed by atoms with Gasteiger partial charge in [-0.05, 0) is 54.8 Å². The van der Waals surface area contributed by atoms with Gasteiger partial charge in [-0.3, -0.25) is 9.69 Å². The van der Waals surface area contributed by atoms with Crippen molar-refractivity contribution < 1.29 is 23.5 Å². The van der Waals surface area contributed by atoms with Gasteiger partial charge in [-0.2, -0.15) is 0 Å². The first-order valence-electron chi connectivity index (χ1n) is 9.61. The number of carbonyl (C=O) groups excluding carboxylic acids is 2. The van der Waals surface area contributed by atoms with Gasteiger partial charge in [0.25, 0.3) is 5.91 Å². The standard InChI is InChI=1S/C22H22BrFN2O4/c1-3-8-26-21(27)18(25-22(26)28)10-15-11-19(29-4-2)20(12-17(15)23)30-13-14-6-5-7-16(24)9-14/h5-7,9-12H,3-4,8,13H2,1-2H3,(H,25,28)/b18-10+. The minimum atomic E-state index is -0.427. The Kier molecular flexibility index (Phi) is 7.10. The number of imide groups is 1. The number of hydrogen-bond donors (Lipinski definition) is 1. The van der Waals surface area contributed by atoms with Crippen LogP contribution in [0.25, 0.3) is 6.08 Å². The molecule has 3 amide bonds. The smallest absolute Gasteiger partial charge is 0.329 e. The van der Waals surface area contributed by atoms with Crippen molar-refractivity contribution in [3.63, 3.8) is 0 Å². The Labute approximate surface area is 182 Å². The summed E-state index contributed by atoms with van der Waals surface area (Å²) in [6, 6.07) is 9.20. The lowest BCUT2D eigenvalue weighted by Crippen LogP contribution is -2.31. The van der Waals surface area contributed by atoms with E-state index in [2.05, 4.69) is 21.2 Å². The van der Waals surface area contributed by atoms with Gasteiger partial charge in [0, 0.05) is 11.0 Å². The molecule has 0 radical (unpaired) electrons. The predicted octanol–water partition coefficient (Wildman–Crippen LogP) is 4.87. The second-order valence-corrected chi connectivity index (χ2v) is 7.47. The lowest BCUT2D eigenvalue weighted by atomic mass is 10.1. The number of benzene rings is 2. The molecule has 30 heavy (non-hydrogen) atoms. The van der Waals surface area contributed by atoms with Crippen LogP contribution in [0.2, 0.25) is 0 Å². The summed E-state index contributed by atoms with van der Waals surface area (Å²) < 4.78 is 25.6. The van der Waals surface area contributed by atoms with Gasteiger partial charge in [0.05, 0.1) is 6.61 Å². The molecule has 0 spiro atoms. The van der Waals surface area contributed by atoms with E-state index in [9.17, 15) is 14.0 Å². The van der Waals surface area contributed by atoms with Crippen molar-refractivity contribution in [1.29, 1.82) is 0 Å². The molecule has 3 rings (SSSR count). The largest absolute Gasteiger partial charge is 0.490 e. The van der Waals surface area contributed by atoms with Crippen molar-refractivity contribution in [3.05, 3.63) is 63.5 Å². The van der Waals surface area contributed by atoms with Crippen molar-refractivity contribution in [2.75, 3.05) is 13.2 Å². The van der Waals surface area contributed by atoms with Crippen molar-refractivity contribution in [2.24, 2.45) is 0 Å². The normalized spacial score (nSPS) is 14.9. The SMILES string of the molecule is CCCN1C(=O)N/C(=C/c2cc(OCC)c(OCc3cccc(F)c3)cc2Br)C1=O. The fourth-order valence-electron chi connectivity index (χ4n) is 2.98. The third-order valence-corrected chi connectivity index (χ3v) is 5.04. The molecule has 1 aliphatic rings. The first-order valence-corrected chi connectivity index (χ1v) is 10.4. The number of urea groups is 1. The zero-order valence-electron chi connectivity index (χ0n) is 16.7. The lowest BCUT2D eigenvalue weighted by molar-refractivity contribution is -0.122. The zero-order valence-corrected chi connectivity index (χ0v) is 18.3. The molecule has 1 heterocycles. The van der Waals surface area contributed by atoms with Crippen molar-refractivity contribution >= 4 is 33.9 Å². The maximum absolute atomic E-state index is 13.4. The quantitative estimate of drug-likeness (QED) is 0.435. The monoisotopic (exact) mass is 476 g/mol. The highest BCUT2D eigenvalue weighted by Gasteiger charge is 2.32. The van der Waals surface area contributed by atoms with E-state index in [1.807, 2.05) is 13.8 Å². The van der Waals surface area contributed by atoms with Gasteiger partial charge in [-0.25, -0.2) is 9.18 Å². The van der Waals surface area contributed by atoms with Gasteiger partial charge < -0.3 is 14.8 Å². The Morgan fingerprint density at radius 2 is 1.90 bits per heavy atom. The van der Waals surface area contributed by atoms with Gasteiger partial charge in [-0.1, -0.05) is 35.0 Å². The third kappa shape index (κ3) is 4.99. The Morgan fingerprint density at radius 1 is 1.13 bits per heavy atom. The van der Waals surface area contributed by atoms with Crippen LogP contribution < -0.4 is 14.8 Å². The van der Waals surface area contributed by atoms with Crippen LogP contribution in [0.15, 0.2) is 46.6 Å². The summed E-state index contributed by atoms with van der Waals surface area (Å²) in [5, 5.41) is 2.60. The molecule has 0 atom stereocenters. The average molecular weight is 477 g/mol. The molecule has 1 fully saturated rings. The highest BCUT2D eigenvalue weighted by Crippen LogP contribution is 2.35. The molecule has 0 unspecified atom stereocenters. The molecule has 8 heteroatoms.